The molecule has 6 nitrogen and oxygen atoms in total. The minimum atomic E-state index is -0.0984. The molecule has 6 heteroatoms. The number of rotatable bonds is 6. The predicted molar refractivity (Wildman–Crippen MR) is 120 cm³/mol. The zero-order valence-electron chi connectivity index (χ0n) is 17.4. The Bertz CT molecular complexity index is 1290. The SMILES string of the molecule is CCOc1cc(C(=O)N(C)Cc2cccc3[nH]ncc23)ccc1-c1cccc(C#N)c1. The van der Waals surface area contributed by atoms with Crippen LogP contribution in [-0.2, 0) is 6.54 Å². The summed E-state index contributed by atoms with van der Waals surface area (Å²) in [6.45, 7) is 2.84. The summed E-state index contributed by atoms with van der Waals surface area (Å²) in [6, 6.07) is 20.9. The number of fused-ring (bicyclic) bond motifs is 1. The van der Waals surface area contributed by atoms with Crippen molar-refractivity contribution in [3.05, 3.63) is 83.6 Å². The first-order valence-corrected chi connectivity index (χ1v) is 10.0. The maximum Gasteiger partial charge on any atom is 0.254 e. The van der Waals surface area contributed by atoms with Gasteiger partial charge < -0.3 is 9.64 Å². The highest BCUT2D eigenvalue weighted by Gasteiger charge is 2.17. The van der Waals surface area contributed by atoms with Crippen molar-refractivity contribution in [3.63, 3.8) is 0 Å². The van der Waals surface area contributed by atoms with E-state index >= 15 is 0 Å². The fourth-order valence-corrected chi connectivity index (χ4v) is 3.64. The summed E-state index contributed by atoms with van der Waals surface area (Å²) in [5.41, 5.74) is 4.82. The zero-order chi connectivity index (χ0) is 21.8. The summed E-state index contributed by atoms with van der Waals surface area (Å²) in [5.74, 6) is 0.521. The quantitative estimate of drug-likeness (QED) is 0.496. The molecule has 0 atom stereocenters. The predicted octanol–water partition coefficient (Wildman–Crippen LogP) is 4.77. The minimum Gasteiger partial charge on any atom is -0.493 e. The summed E-state index contributed by atoms with van der Waals surface area (Å²) < 4.78 is 5.83. The summed E-state index contributed by atoms with van der Waals surface area (Å²) in [5, 5.41) is 17.2. The lowest BCUT2D eigenvalue weighted by molar-refractivity contribution is 0.0785. The van der Waals surface area contributed by atoms with Crippen molar-refractivity contribution in [1.29, 1.82) is 5.26 Å². The number of benzene rings is 3. The van der Waals surface area contributed by atoms with Gasteiger partial charge in [0.1, 0.15) is 5.75 Å². The minimum absolute atomic E-state index is 0.0984. The second kappa shape index (κ2) is 8.72. The van der Waals surface area contributed by atoms with Gasteiger partial charge in [-0.15, -0.1) is 0 Å². The number of nitriles is 1. The maximum atomic E-state index is 13.1. The number of H-pyrrole nitrogens is 1. The molecule has 0 saturated carbocycles. The monoisotopic (exact) mass is 410 g/mol. The van der Waals surface area contributed by atoms with Crippen LogP contribution in [0.15, 0.2) is 66.9 Å². The largest absolute Gasteiger partial charge is 0.493 e. The van der Waals surface area contributed by atoms with E-state index in [0.717, 1.165) is 27.6 Å². The lowest BCUT2D eigenvalue weighted by Gasteiger charge is -2.19. The van der Waals surface area contributed by atoms with Crippen LogP contribution in [0.4, 0.5) is 0 Å². The standard InChI is InChI=1S/C25H22N4O2/c1-3-31-24-13-19(10-11-21(24)18-7-4-6-17(12-18)14-26)25(30)29(2)16-20-8-5-9-23-22(20)15-27-28-23/h4-13,15H,3,16H2,1-2H3,(H,27,28). The van der Waals surface area contributed by atoms with E-state index in [-0.39, 0.29) is 5.91 Å². The van der Waals surface area contributed by atoms with E-state index in [0.29, 0.717) is 30.0 Å². The summed E-state index contributed by atoms with van der Waals surface area (Å²) in [6.07, 6.45) is 1.78. The number of nitrogens with zero attached hydrogens (tertiary/aromatic N) is 3. The molecule has 31 heavy (non-hydrogen) atoms. The van der Waals surface area contributed by atoms with Crippen LogP contribution in [0.5, 0.6) is 5.75 Å². The van der Waals surface area contributed by atoms with E-state index in [2.05, 4.69) is 16.3 Å². The average Bonchev–Trinajstić information content (AvgIpc) is 3.29. The maximum absolute atomic E-state index is 13.1. The van der Waals surface area contributed by atoms with Crippen molar-refractivity contribution in [2.24, 2.45) is 0 Å². The number of hydrogen-bond acceptors (Lipinski definition) is 4. The molecule has 0 spiro atoms. The molecule has 4 rings (SSSR count). The number of aromatic amines is 1. The lowest BCUT2D eigenvalue weighted by Crippen LogP contribution is -2.26. The Morgan fingerprint density at radius 2 is 2.00 bits per heavy atom. The lowest BCUT2D eigenvalue weighted by atomic mass is 10.00. The molecule has 0 saturated heterocycles. The van der Waals surface area contributed by atoms with Crippen LogP contribution < -0.4 is 4.74 Å². The Morgan fingerprint density at radius 3 is 2.81 bits per heavy atom. The number of nitrogens with one attached hydrogen (secondary N) is 1. The molecule has 1 heterocycles. The molecule has 3 aromatic carbocycles. The molecular formula is C25H22N4O2. The summed E-state index contributed by atoms with van der Waals surface area (Å²) in [7, 11) is 1.78. The molecule has 1 N–H and O–H groups in total. The van der Waals surface area contributed by atoms with E-state index in [1.54, 1.807) is 36.3 Å². The van der Waals surface area contributed by atoms with E-state index < -0.39 is 0 Å². The Kier molecular flexibility index (Phi) is 5.67. The molecule has 0 unspecified atom stereocenters. The third-order valence-electron chi connectivity index (χ3n) is 5.16. The molecule has 0 aliphatic rings. The smallest absolute Gasteiger partial charge is 0.254 e. The van der Waals surface area contributed by atoms with Crippen molar-refractivity contribution in [2.75, 3.05) is 13.7 Å². The van der Waals surface area contributed by atoms with Gasteiger partial charge in [-0.25, -0.2) is 0 Å². The van der Waals surface area contributed by atoms with Crippen LogP contribution >= 0.6 is 0 Å². The van der Waals surface area contributed by atoms with Crippen LogP contribution in [-0.4, -0.2) is 34.7 Å². The van der Waals surface area contributed by atoms with E-state index in [1.807, 2.05) is 49.4 Å². The molecule has 1 amide bonds. The van der Waals surface area contributed by atoms with Crippen molar-refractivity contribution in [1.82, 2.24) is 15.1 Å². The highest BCUT2D eigenvalue weighted by atomic mass is 16.5. The number of amides is 1. The highest BCUT2D eigenvalue weighted by Crippen LogP contribution is 2.32. The number of carbonyl (C=O) groups is 1. The van der Waals surface area contributed by atoms with Crippen molar-refractivity contribution in [2.45, 2.75) is 13.5 Å². The van der Waals surface area contributed by atoms with Gasteiger partial charge in [0.25, 0.3) is 5.91 Å². The Labute approximate surface area is 180 Å². The number of hydrogen-bond donors (Lipinski definition) is 1. The molecule has 0 fully saturated rings. The van der Waals surface area contributed by atoms with Gasteiger partial charge in [-0.3, -0.25) is 9.89 Å². The second-order valence-electron chi connectivity index (χ2n) is 7.25. The first kappa shape index (κ1) is 20.2. The molecule has 154 valence electrons. The molecule has 4 aromatic rings. The van der Waals surface area contributed by atoms with Gasteiger partial charge in [0, 0.05) is 30.1 Å². The summed E-state index contributed by atoms with van der Waals surface area (Å²) in [4.78, 5) is 14.8. The van der Waals surface area contributed by atoms with E-state index in [1.165, 1.54) is 0 Å². The average molecular weight is 410 g/mol. The molecule has 0 aliphatic heterocycles. The first-order valence-electron chi connectivity index (χ1n) is 10.0. The first-order chi connectivity index (χ1) is 15.1. The van der Waals surface area contributed by atoms with Crippen LogP contribution in [0.25, 0.3) is 22.0 Å². The van der Waals surface area contributed by atoms with Crippen LogP contribution in [0.2, 0.25) is 0 Å². The van der Waals surface area contributed by atoms with Crippen molar-refractivity contribution in [3.8, 4) is 22.9 Å². The van der Waals surface area contributed by atoms with Gasteiger partial charge in [0.15, 0.2) is 0 Å². The van der Waals surface area contributed by atoms with Gasteiger partial charge in [-0.1, -0.05) is 24.3 Å². The van der Waals surface area contributed by atoms with Gasteiger partial charge in [-0.2, -0.15) is 10.4 Å². The number of carbonyl (C=O) groups excluding carboxylic acids is 1. The van der Waals surface area contributed by atoms with Gasteiger partial charge in [0.05, 0.1) is 30.0 Å². The van der Waals surface area contributed by atoms with Crippen molar-refractivity contribution >= 4 is 16.8 Å². The third kappa shape index (κ3) is 4.12. The van der Waals surface area contributed by atoms with Gasteiger partial charge >= 0.3 is 0 Å². The van der Waals surface area contributed by atoms with E-state index in [9.17, 15) is 10.1 Å². The fourth-order valence-electron chi connectivity index (χ4n) is 3.64. The highest BCUT2D eigenvalue weighted by molar-refractivity contribution is 5.96. The molecule has 1 aromatic heterocycles. The summed E-state index contributed by atoms with van der Waals surface area (Å²) >= 11 is 0. The molecule has 0 aliphatic carbocycles. The van der Waals surface area contributed by atoms with Crippen LogP contribution in [0, 0.1) is 11.3 Å². The second-order valence-corrected chi connectivity index (χ2v) is 7.25. The van der Waals surface area contributed by atoms with Crippen LogP contribution in [0.1, 0.15) is 28.4 Å². The Hall–Kier alpha value is -4.11. The van der Waals surface area contributed by atoms with Gasteiger partial charge in [0.2, 0.25) is 0 Å². The zero-order valence-corrected chi connectivity index (χ0v) is 17.4. The molecule has 0 bridgehead atoms. The van der Waals surface area contributed by atoms with Gasteiger partial charge in [-0.05, 0) is 54.4 Å². The molecule has 0 radical (unpaired) electrons. The molecular weight excluding hydrogens is 388 g/mol. The fraction of sp³-hybridized carbons (Fsp3) is 0.160. The number of ether oxygens (including phenoxy) is 1. The normalized spacial score (nSPS) is 10.6. The number of aromatic nitrogens is 2. The van der Waals surface area contributed by atoms with Crippen molar-refractivity contribution < 1.29 is 9.53 Å². The third-order valence-corrected chi connectivity index (χ3v) is 5.16. The topological polar surface area (TPSA) is 82.0 Å². The van der Waals surface area contributed by atoms with Crippen LogP contribution in [0.3, 0.4) is 0 Å². The van der Waals surface area contributed by atoms with E-state index in [4.69, 9.17) is 4.74 Å². The Balaban J connectivity index is 1.62. The Morgan fingerprint density at radius 1 is 1.16 bits per heavy atom.